The SMILES string of the molecule is CCCc1ccc(S(=O)(=O)NC(=O)C2CC(c3ccccc3)=NO2)cc1. The van der Waals surface area contributed by atoms with Gasteiger partial charge in [0.05, 0.1) is 10.6 Å². The second-order valence-electron chi connectivity index (χ2n) is 6.07. The fourth-order valence-electron chi connectivity index (χ4n) is 2.70. The van der Waals surface area contributed by atoms with E-state index in [0.717, 1.165) is 24.0 Å². The molecule has 0 saturated heterocycles. The molecule has 7 heteroatoms. The van der Waals surface area contributed by atoms with Crippen molar-refractivity contribution < 1.29 is 18.0 Å². The number of carbonyl (C=O) groups is 1. The molecule has 0 aliphatic carbocycles. The van der Waals surface area contributed by atoms with Crippen LogP contribution in [0.5, 0.6) is 0 Å². The van der Waals surface area contributed by atoms with Gasteiger partial charge in [-0.05, 0) is 29.7 Å². The van der Waals surface area contributed by atoms with Crippen LogP contribution < -0.4 is 4.72 Å². The van der Waals surface area contributed by atoms with Crippen LogP contribution in [0.1, 0.15) is 30.9 Å². The quantitative estimate of drug-likeness (QED) is 0.845. The number of oxime groups is 1. The number of hydrogen-bond donors (Lipinski definition) is 1. The Morgan fingerprint density at radius 3 is 2.50 bits per heavy atom. The average molecular weight is 372 g/mol. The molecule has 3 rings (SSSR count). The van der Waals surface area contributed by atoms with Crippen molar-refractivity contribution in [2.45, 2.75) is 37.2 Å². The van der Waals surface area contributed by atoms with Crippen LogP contribution >= 0.6 is 0 Å². The van der Waals surface area contributed by atoms with Crippen molar-refractivity contribution in [3.05, 3.63) is 65.7 Å². The summed E-state index contributed by atoms with van der Waals surface area (Å²) in [4.78, 5) is 17.5. The minimum absolute atomic E-state index is 0.0490. The van der Waals surface area contributed by atoms with Crippen LogP contribution in [0, 0.1) is 0 Å². The predicted octanol–water partition coefficient (Wildman–Crippen LogP) is 2.64. The van der Waals surface area contributed by atoms with Crippen LogP contribution in [-0.4, -0.2) is 26.1 Å². The van der Waals surface area contributed by atoms with Gasteiger partial charge in [-0.15, -0.1) is 0 Å². The maximum atomic E-state index is 12.4. The first kappa shape index (κ1) is 18.1. The second kappa shape index (κ2) is 7.70. The molecule has 1 heterocycles. The van der Waals surface area contributed by atoms with E-state index >= 15 is 0 Å². The highest BCUT2D eigenvalue weighted by Crippen LogP contribution is 2.18. The van der Waals surface area contributed by atoms with Crippen molar-refractivity contribution in [1.29, 1.82) is 0 Å². The van der Waals surface area contributed by atoms with Crippen molar-refractivity contribution in [2.24, 2.45) is 5.16 Å². The largest absolute Gasteiger partial charge is 0.382 e. The van der Waals surface area contributed by atoms with Gasteiger partial charge >= 0.3 is 0 Å². The Morgan fingerprint density at radius 2 is 1.85 bits per heavy atom. The molecule has 0 fully saturated rings. The van der Waals surface area contributed by atoms with Crippen LogP contribution in [0.3, 0.4) is 0 Å². The third kappa shape index (κ3) is 4.11. The van der Waals surface area contributed by atoms with Crippen LogP contribution in [0.15, 0.2) is 64.6 Å². The van der Waals surface area contributed by atoms with Gasteiger partial charge in [0.15, 0.2) is 0 Å². The molecular formula is C19H20N2O4S. The van der Waals surface area contributed by atoms with E-state index in [1.54, 1.807) is 12.1 Å². The van der Waals surface area contributed by atoms with Gasteiger partial charge in [0.25, 0.3) is 15.9 Å². The molecule has 1 N–H and O–H groups in total. The molecule has 0 aromatic heterocycles. The van der Waals surface area contributed by atoms with E-state index in [-0.39, 0.29) is 11.3 Å². The van der Waals surface area contributed by atoms with Crippen LogP contribution in [-0.2, 0) is 26.1 Å². The summed E-state index contributed by atoms with van der Waals surface area (Å²) in [5.41, 5.74) is 2.52. The minimum Gasteiger partial charge on any atom is -0.382 e. The van der Waals surface area contributed by atoms with Crippen LogP contribution in [0.2, 0.25) is 0 Å². The van der Waals surface area contributed by atoms with Crippen LogP contribution in [0.25, 0.3) is 0 Å². The molecule has 0 spiro atoms. The first-order valence-electron chi connectivity index (χ1n) is 8.43. The third-order valence-corrected chi connectivity index (χ3v) is 5.44. The van der Waals surface area contributed by atoms with Gasteiger partial charge in [0.2, 0.25) is 6.10 Å². The number of nitrogens with one attached hydrogen (secondary N) is 1. The van der Waals surface area contributed by atoms with E-state index in [9.17, 15) is 13.2 Å². The molecule has 26 heavy (non-hydrogen) atoms. The van der Waals surface area contributed by atoms with Crippen molar-refractivity contribution >= 4 is 21.6 Å². The standard InChI is InChI=1S/C19H20N2O4S/c1-2-6-14-9-11-16(12-10-14)26(23,24)21-19(22)18-13-17(20-25-18)15-7-4-3-5-8-15/h3-5,7-12,18H,2,6,13H2,1H3,(H,21,22). The maximum Gasteiger partial charge on any atom is 0.278 e. The Bertz CT molecular complexity index is 906. The van der Waals surface area contributed by atoms with E-state index < -0.39 is 22.0 Å². The predicted molar refractivity (Wildman–Crippen MR) is 98.2 cm³/mol. The second-order valence-corrected chi connectivity index (χ2v) is 7.75. The number of hydrogen-bond acceptors (Lipinski definition) is 5. The summed E-state index contributed by atoms with van der Waals surface area (Å²) in [5.74, 6) is -0.725. The van der Waals surface area contributed by atoms with Gasteiger partial charge in [-0.2, -0.15) is 0 Å². The highest BCUT2D eigenvalue weighted by atomic mass is 32.2. The van der Waals surface area contributed by atoms with E-state index in [1.807, 2.05) is 30.3 Å². The molecule has 0 radical (unpaired) electrons. The van der Waals surface area contributed by atoms with E-state index in [1.165, 1.54) is 12.1 Å². The molecule has 1 atom stereocenters. The number of nitrogens with zero attached hydrogens (tertiary/aromatic N) is 1. The number of aryl methyl sites for hydroxylation is 1. The molecule has 2 aromatic carbocycles. The Kier molecular flexibility index (Phi) is 5.37. The molecule has 1 unspecified atom stereocenters. The van der Waals surface area contributed by atoms with Crippen molar-refractivity contribution in [3.63, 3.8) is 0 Å². The maximum absolute atomic E-state index is 12.4. The zero-order chi connectivity index (χ0) is 18.6. The van der Waals surface area contributed by atoms with Crippen molar-refractivity contribution in [1.82, 2.24) is 4.72 Å². The lowest BCUT2D eigenvalue weighted by molar-refractivity contribution is -0.129. The summed E-state index contributed by atoms with van der Waals surface area (Å²) in [6, 6.07) is 15.8. The lowest BCUT2D eigenvalue weighted by Crippen LogP contribution is -2.38. The molecule has 1 aliphatic heterocycles. The molecule has 1 aliphatic rings. The average Bonchev–Trinajstić information content (AvgIpc) is 3.13. The summed E-state index contributed by atoms with van der Waals surface area (Å²) in [6.07, 6.45) is 1.12. The smallest absolute Gasteiger partial charge is 0.278 e. The molecule has 6 nitrogen and oxygen atoms in total. The molecule has 136 valence electrons. The molecule has 0 bridgehead atoms. The minimum atomic E-state index is -3.94. The van der Waals surface area contributed by atoms with E-state index in [2.05, 4.69) is 16.8 Å². The highest BCUT2D eigenvalue weighted by Gasteiger charge is 2.31. The highest BCUT2D eigenvalue weighted by molar-refractivity contribution is 7.90. The Balaban J connectivity index is 1.64. The lowest BCUT2D eigenvalue weighted by Gasteiger charge is -2.10. The summed E-state index contributed by atoms with van der Waals surface area (Å²) >= 11 is 0. The number of carbonyl (C=O) groups excluding carboxylic acids is 1. The van der Waals surface area contributed by atoms with E-state index in [0.29, 0.717) is 5.71 Å². The first-order chi connectivity index (χ1) is 12.5. The Labute approximate surface area is 152 Å². The van der Waals surface area contributed by atoms with Gasteiger partial charge in [-0.1, -0.05) is 61.0 Å². The Hall–Kier alpha value is -2.67. The lowest BCUT2D eigenvalue weighted by atomic mass is 10.1. The number of benzene rings is 2. The van der Waals surface area contributed by atoms with Gasteiger partial charge in [-0.3, -0.25) is 4.79 Å². The van der Waals surface area contributed by atoms with Gasteiger partial charge in [0.1, 0.15) is 0 Å². The monoisotopic (exact) mass is 372 g/mol. The molecule has 2 aromatic rings. The fraction of sp³-hybridized carbons (Fsp3) is 0.263. The zero-order valence-electron chi connectivity index (χ0n) is 14.4. The summed E-state index contributed by atoms with van der Waals surface area (Å²) in [7, 11) is -3.94. The summed E-state index contributed by atoms with van der Waals surface area (Å²) in [5, 5.41) is 3.90. The summed E-state index contributed by atoms with van der Waals surface area (Å²) < 4.78 is 26.9. The Morgan fingerprint density at radius 1 is 1.15 bits per heavy atom. The summed E-state index contributed by atoms with van der Waals surface area (Å²) in [6.45, 7) is 2.05. The van der Waals surface area contributed by atoms with E-state index in [4.69, 9.17) is 4.84 Å². The fourth-order valence-corrected chi connectivity index (χ4v) is 3.71. The van der Waals surface area contributed by atoms with Crippen molar-refractivity contribution in [3.8, 4) is 0 Å². The topological polar surface area (TPSA) is 84.8 Å². The van der Waals surface area contributed by atoms with Crippen molar-refractivity contribution in [2.75, 3.05) is 0 Å². The molecular weight excluding hydrogens is 352 g/mol. The molecule has 1 amide bonds. The number of amides is 1. The normalized spacial score (nSPS) is 16.7. The zero-order valence-corrected chi connectivity index (χ0v) is 15.2. The van der Waals surface area contributed by atoms with Gasteiger partial charge < -0.3 is 4.84 Å². The molecule has 0 saturated carbocycles. The first-order valence-corrected chi connectivity index (χ1v) is 9.91. The van der Waals surface area contributed by atoms with Crippen LogP contribution in [0.4, 0.5) is 0 Å². The van der Waals surface area contributed by atoms with Gasteiger partial charge in [0, 0.05) is 6.42 Å². The number of rotatable bonds is 6. The number of sulfonamides is 1. The third-order valence-electron chi connectivity index (χ3n) is 4.08. The van der Waals surface area contributed by atoms with Gasteiger partial charge in [-0.25, -0.2) is 13.1 Å².